The molecular weight excluding hydrogens is 370 g/mol. The van der Waals surface area contributed by atoms with Gasteiger partial charge in [-0.2, -0.15) is 0 Å². The molecule has 2 aromatic rings. The molecule has 0 bridgehead atoms. The Kier molecular flexibility index (Phi) is 7.99. The predicted molar refractivity (Wildman–Crippen MR) is 99.3 cm³/mol. The molecule has 2 amide bonds. The lowest BCUT2D eigenvalue weighted by atomic mass is 10.2. The van der Waals surface area contributed by atoms with Crippen molar-refractivity contribution < 1.29 is 26.6 Å². The fourth-order valence-corrected chi connectivity index (χ4v) is 1.58. The third kappa shape index (κ3) is 6.91. The number of carbonyl (C=O) groups excluding carboxylic acids is 2. The lowest BCUT2D eigenvalue weighted by molar-refractivity contribution is 0.0950. The summed E-state index contributed by atoms with van der Waals surface area (Å²) < 4.78 is 51.4. The van der Waals surface area contributed by atoms with Crippen molar-refractivity contribution in [2.24, 2.45) is 0 Å². The number of carbonyl (C=O) groups is 2. The van der Waals surface area contributed by atoms with Crippen molar-refractivity contribution in [3.8, 4) is 0 Å². The van der Waals surface area contributed by atoms with E-state index in [1.807, 2.05) is 0 Å². The average molecular weight is 395 g/mol. The van der Waals surface area contributed by atoms with Gasteiger partial charge in [-0.3, -0.25) is 9.59 Å². The number of nitrogen functional groups attached to an aromatic ring is 2. The fourth-order valence-electron chi connectivity index (χ4n) is 1.58. The number of anilines is 2. The van der Waals surface area contributed by atoms with Gasteiger partial charge in [-0.15, -0.1) is 12.4 Å². The average Bonchev–Trinajstić information content (AvgIpc) is 2.69. The van der Waals surface area contributed by atoms with Gasteiger partial charge in [0.1, 0.15) is 11.6 Å². The number of hydrogen-bond acceptors (Lipinski definition) is 4. The highest BCUT2D eigenvalue weighted by Crippen LogP contribution is 2.11. The van der Waals surface area contributed by atoms with Gasteiger partial charge in [0, 0.05) is 25.5 Å². The van der Waals surface area contributed by atoms with Crippen LogP contribution >= 0.6 is 12.4 Å². The highest BCUT2D eigenvalue weighted by molar-refractivity contribution is 5.95. The molecule has 0 radical (unpaired) electrons. The summed E-state index contributed by atoms with van der Waals surface area (Å²) in [7, 11) is 2.78. The van der Waals surface area contributed by atoms with Crippen LogP contribution in [0, 0.1) is 11.6 Å². The van der Waals surface area contributed by atoms with E-state index in [0.29, 0.717) is 5.69 Å². The standard InChI is InChI=1S/2C8H9FN2O.ClH.H2O/c2*1-11-8(12)6-3-2-5(10)4-7(6)9;;/h2*2-4H,10H2,1H3,(H,11,12);1H;1H2/i2D,4D;;;/hD2. The van der Waals surface area contributed by atoms with Crippen LogP contribution < -0.4 is 22.1 Å². The number of nitrogens with one attached hydrogen (secondary N) is 2. The summed E-state index contributed by atoms with van der Waals surface area (Å²) in [6.07, 6.45) is 0. The maximum absolute atomic E-state index is 13.3. The highest BCUT2D eigenvalue weighted by Gasteiger charge is 2.09. The van der Waals surface area contributed by atoms with E-state index in [9.17, 15) is 18.4 Å². The number of halogens is 3. The van der Waals surface area contributed by atoms with Crippen molar-refractivity contribution in [2.75, 3.05) is 25.6 Å². The van der Waals surface area contributed by atoms with Gasteiger partial charge < -0.3 is 27.6 Å². The van der Waals surface area contributed by atoms with Gasteiger partial charge in [-0.1, -0.05) is 0 Å². The van der Waals surface area contributed by atoms with Crippen molar-refractivity contribution in [3.63, 3.8) is 0 Å². The lowest BCUT2D eigenvalue weighted by Gasteiger charge is -2.01. The first-order valence-electron chi connectivity index (χ1n) is 8.50. The number of amides is 2. The molecule has 0 heterocycles. The Morgan fingerprint density at radius 3 is 2.00 bits per heavy atom. The molecule has 10 heteroatoms. The van der Waals surface area contributed by atoms with Crippen LogP contribution in [-0.2, 0) is 0 Å². The molecule has 0 saturated heterocycles. The van der Waals surface area contributed by atoms with Crippen molar-refractivity contribution in [3.05, 3.63) is 59.1 Å². The first-order valence-corrected chi connectivity index (χ1v) is 6.68. The highest BCUT2D eigenvalue weighted by atomic mass is 35.5. The Hall–Kier alpha value is -2.91. The molecule has 2 aromatic carbocycles. The first-order chi connectivity index (χ1) is 13.5. The molecule has 7 nitrogen and oxygen atoms in total. The monoisotopic (exact) mass is 394 g/mol. The van der Waals surface area contributed by atoms with Gasteiger partial charge in [-0.05, 0) is 36.4 Å². The van der Waals surface area contributed by atoms with Gasteiger partial charge in [0.05, 0.1) is 13.9 Å². The molecular formula is C16H21ClF2N4O3. The van der Waals surface area contributed by atoms with Crippen molar-refractivity contribution in [1.29, 1.82) is 2.86 Å². The van der Waals surface area contributed by atoms with E-state index in [2.05, 4.69) is 16.1 Å². The Balaban J connectivity index is 0. The first kappa shape index (κ1) is 17.9. The molecule has 2 rings (SSSR count). The van der Waals surface area contributed by atoms with E-state index < -0.39 is 29.5 Å². The Bertz CT molecular complexity index is 879. The molecule has 0 aliphatic heterocycles. The maximum atomic E-state index is 13.3. The zero-order valence-corrected chi connectivity index (χ0v) is 14.7. The minimum atomic E-state index is -1.00. The molecule has 0 saturated carbocycles. The third-order valence-electron chi connectivity index (χ3n) is 2.79. The van der Waals surface area contributed by atoms with Gasteiger partial charge in [0.15, 0.2) is 0 Å². The number of benzene rings is 2. The van der Waals surface area contributed by atoms with E-state index in [0.717, 1.165) is 12.1 Å². The molecule has 8 N–H and O–H groups in total. The fraction of sp³-hybridized carbons (Fsp3) is 0.125. The van der Waals surface area contributed by atoms with Crippen molar-refractivity contribution in [2.45, 2.75) is 0 Å². The zero-order chi connectivity index (χ0) is 22.7. The largest absolute Gasteiger partial charge is 0.412 e. The van der Waals surface area contributed by atoms with Gasteiger partial charge in [-0.25, -0.2) is 8.78 Å². The van der Waals surface area contributed by atoms with Crippen LogP contribution in [0.25, 0.3) is 0 Å². The van der Waals surface area contributed by atoms with Crippen LogP contribution in [0.1, 0.15) is 23.5 Å². The van der Waals surface area contributed by atoms with Crippen LogP contribution in [-0.4, -0.2) is 34.3 Å². The Labute approximate surface area is 161 Å². The van der Waals surface area contributed by atoms with E-state index in [1.54, 1.807) is 0 Å². The van der Waals surface area contributed by atoms with Crippen LogP contribution in [0.3, 0.4) is 0 Å². The maximum Gasteiger partial charge on any atom is 0.253 e. The van der Waals surface area contributed by atoms with Crippen molar-refractivity contribution in [1.82, 2.24) is 10.6 Å². The SMILES string of the molecule is CNC(=O)c1ccc(N)cc1F.Cl.[2H]O[2H].[2H]c1cc(C(=O)NC)c(F)c([2H])c1N. The molecule has 0 spiro atoms. The molecule has 0 aromatic heterocycles. The number of rotatable bonds is 2. The minimum absolute atomic E-state index is 0. The summed E-state index contributed by atoms with van der Waals surface area (Å²) >= 11 is 0. The lowest BCUT2D eigenvalue weighted by Crippen LogP contribution is -2.19. The van der Waals surface area contributed by atoms with Crippen LogP contribution in [0.4, 0.5) is 20.2 Å². The van der Waals surface area contributed by atoms with E-state index in [4.69, 9.17) is 17.1 Å². The van der Waals surface area contributed by atoms with Crippen LogP contribution in [0.2, 0.25) is 0 Å². The summed E-state index contributed by atoms with van der Waals surface area (Å²) in [6.45, 7) is 0. The van der Waals surface area contributed by atoms with Crippen LogP contribution in [0.5, 0.6) is 0 Å². The normalized spacial score (nSPS) is 10.6. The quantitative estimate of drug-likeness (QED) is 0.566. The van der Waals surface area contributed by atoms with Crippen molar-refractivity contribution >= 4 is 35.6 Å². The zero-order valence-electron chi connectivity index (χ0n) is 17.9. The summed E-state index contributed by atoms with van der Waals surface area (Å²) in [5.41, 5.74) is 13.0. The molecule has 0 unspecified atom stereocenters. The molecule has 144 valence electrons. The second-order valence-electron chi connectivity index (χ2n) is 4.45. The van der Waals surface area contributed by atoms with Gasteiger partial charge >= 0.3 is 0 Å². The topological polar surface area (TPSA) is 142 Å². The smallest absolute Gasteiger partial charge is 0.253 e. The number of nitrogens with two attached hydrogens (primary N) is 2. The second-order valence-corrected chi connectivity index (χ2v) is 4.45. The Morgan fingerprint density at radius 2 is 1.54 bits per heavy atom. The van der Waals surface area contributed by atoms with E-state index in [-0.39, 0.29) is 35.3 Å². The second kappa shape index (κ2) is 11.6. The molecule has 0 aliphatic rings. The summed E-state index contributed by atoms with van der Waals surface area (Å²) in [5.74, 6) is -2.73. The van der Waals surface area contributed by atoms with Gasteiger partial charge in [0.25, 0.3) is 11.8 Å². The molecule has 26 heavy (non-hydrogen) atoms. The Morgan fingerprint density at radius 1 is 1.04 bits per heavy atom. The molecule has 0 fully saturated rings. The predicted octanol–water partition coefficient (Wildman–Crippen LogP) is 1.13. The van der Waals surface area contributed by atoms with Crippen LogP contribution in [0.15, 0.2) is 36.4 Å². The van der Waals surface area contributed by atoms with Gasteiger partial charge in [0.2, 0.25) is 2.86 Å². The van der Waals surface area contributed by atoms with E-state index in [1.165, 1.54) is 26.2 Å². The summed E-state index contributed by atoms with van der Waals surface area (Å²) in [6, 6.07) is 4.11. The number of hydrogen-bond donors (Lipinski definition) is 4. The molecule has 0 aliphatic carbocycles. The third-order valence-corrected chi connectivity index (χ3v) is 2.79. The molecule has 0 atom stereocenters. The summed E-state index contributed by atoms with van der Waals surface area (Å²) in [5, 5.41) is 4.53. The minimum Gasteiger partial charge on any atom is -0.412 e. The summed E-state index contributed by atoms with van der Waals surface area (Å²) in [4.78, 5) is 22.0. The van der Waals surface area contributed by atoms with E-state index >= 15 is 0 Å².